The highest BCUT2D eigenvalue weighted by Gasteiger charge is 2.05. The lowest BCUT2D eigenvalue weighted by Crippen LogP contribution is -2.05. The number of carbonyl (C=O) groups is 1. The number of rotatable bonds is 3. The zero-order valence-corrected chi connectivity index (χ0v) is 10.2. The monoisotopic (exact) mass is 241 g/mol. The summed E-state index contributed by atoms with van der Waals surface area (Å²) in [6.45, 7) is 2.11. The Balaban J connectivity index is 2.45. The van der Waals surface area contributed by atoms with Crippen LogP contribution in [-0.2, 0) is 9.53 Å². The zero-order chi connectivity index (χ0) is 13.0. The normalized spacial score (nSPS) is 11.5. The van der Waals surface area contributed by atoms with Crippen LogP contribution in [0.1, 0.15) is 12.5 Å². The van der Waals surface area contributed by atoms with Crippen LogP contribution in [0.2, 0.25) is 0 Å². The van der Waals surface area contributed by atoms with Crippen LogP contribution in [0.15, 0.2) is 48.5 Å². The fraction of sp³-hybridized carbons (Fsp3) is 0.133. The fourth-order valence-electron chi connectivity index (χ4n) is 1.87. The van der Waals surface area contributed by atoms with Crippen molar-refractivity contribution in [1.82, 2.24) is 0 Å². The molecule has 3 nitrogen and oxygen atoms in total. The van der Waals surface area contributed by atoms with Crippen molar-refractivity contribution >= 4 is 22.4 Å². The molecule has 3 heteroatoms. The SMILES string of the molecule is CCOC(=O)/C=C(/N)c1cccc2ccccc12. The molecule has 0 aliphatic heterocycles. The maximum Gasteiger partial charge on any atom is 0.332 e. The van der Waals surface area contributed by atoms with E-state index < -0.39 is 5.97 Å². The predicted octanol–water partition coefficient (Wildman–Crippen LogP) is 2.70. The third kappa shape index (κ3) is 2.51. The third-order valence-electron chi connectivity index (χ3n) is 2.66. The molecular weight excluding hydrogens is 226 g/mol. The molecular formula is C15H15NO2. The molecule has 0 radical (unpaired) electrons. The Kier molecular flexibility index (Phi) is 3.63. The standard InChI is InChI=1S/C15H15NO2/c1-2-18-15(17)10-14(16)13-9-5-7-11-6-3-4-8-12(11)13/h3-10H,2,16H2,1H3/b14-10+. The molecule has 0 aliphatic carbocycles. The summed E-state index contributed by atoms with van der Waals surface area (Å²) in [5.74, 6) is -0.414. The molecule has 2 aromatic carbocycles. The van der Waals surface area contributed by atoms with Crippen molar-refractivity contribution in [3.05, 3.63) is 54.1 Å². The molecule has 0 bridgehead atoms. The van der Waals surface area contributed by atoms with Gasteiger partial charge in [0.2, 0.25) is 0 Å². The van der Waals surface area contributed by atoms with Gasteiger partial charge in [-0.05, 0) is 17.7 Å². The molecule has 0 spiro atoms. The van der Waals surface area contributed by atoms with E-state index in [0.717, 1.165) is 16.3 Å². The Morgan fingerprint density at radius 2 is 1.94 bits per heavy atom. The molecule has 18 heavy (non-hydrogen) atoms. The van der Waals surface area contributed by atoms with Crippen molar-refractivity contribution in [1.29, 1.82) is 0 Å². The molecule has 0 aromatic heterocycles. The minimum absolute atomic E-state index is 0.345. The summed E-state index contributed by atoms with van der Waals surface area (Å²) < 4.78 is 4.85. The van der Waals surface area contributed by atoms with Crippen LogP contribution in [0.4, 0.5) is 0 Å². The Morgan fingerprint density at radius 3 is 2.72 bits per heavy atom. The first kappa shape index (κ1) is 12.2. The van der Waals surface area contributed by atoms with Gasteiger partial charge in [0.05, 0.1) is 6.61 Å². The molecule has 0 atom stereocenters. The Hall–Kier alpha value is -2.29. The molecule has 2 N–H and O–H groups in total. The van der Waals surface area contributed by atoms with Crippen LogP contribution < -0.4 is 5.73 Å². The van der Waals surface area contributed by atoms with E-state index in [0.29, 0.717) is 12.3 Å². The quantitative estimate of drug-likeness (QED) is 0.664. The van der Waals surface area contributed by atoms with Gasteiger partial charge in [0.1, 0.15) is 0 Å². The first-order valence-electron chi connectivity index (χ1n) is 5.84. The molecule has 0 saturated carbocycles. The molecule has 2 aromatic rings. The summed E-state index contributed by atoms with van der Waals surface area (Å²) in [7, 11) is 0. The van der Waals surface area contributed by atoms with Crippen LogP contribution >= 0.6 is 0 Å². The van der Waals surface area contributed by atoms with Crippen LogP contribution in [0.25, 0.3) is 16.5 Å². The molecule has 92 valence electrons. The molecule has 0 saturated heterocycles. The van der Waals surface area contributed by atoms with E-state index in [9.17, 15) is 4.79 Å². The number of benzene rings is 2. The molecule has 2 rings (SSSR count). The molecule has 0 unspecified atom stereocenters. The number of hydrogen-bond acceptors (Lipinski definition) is 3. The smallest absolute Gasteiger partial charge is 0.332 e. The van der Waals surface area contributed by atoms with Gasteiger partial charge in [-0.1, -0.05) is 42.5 Å². The van der Waals surface area contributed by atoms with E-state index in [-0.39, 0.29) is 0 Å². The Labute approximate surface area is 106 Å². The highest BCUT2D eigenvalue weighted by molar-refractivity contribution is 5.98. The number of nitrogens with two attached hydrogens (primary N) is 1. The third-order valence-corrected chi connectivity index (χ3v) is 2.66. The summed E-state index contributed by atoms with van der Waals surface area (Å²) in [6, 6.07) is 13.7. The largest absolute Gasteiger partial charge is 0.463 e. The average Bonchev–Trinajstić information content (AvgIpc) is 2.38. The topological polar surface area (TPSA) is 52.3 Å². The van der Waals surface area contributed by atoms with Crippen molar-refractivity contribution in [2.24, 2.45) is 5.73 Å². The van der Waals surface area contributed by atoms with E-state index in [1.165, 1.54) is 6.08 Å². The van der Waals surface area contributed by atoms with Crippen LogP contribution in [-0.4, -0.2) is 12.6 Å². The average molecular weight is 241 g/mol. The minimum Gasteiger partial charge on any atom is -0.463 e. The van der Waals surface area contributed by atoms with Crippen LogP contribution in [0.3, 0.4) is 0 Å². The number of carbonyl (C=O) groups excluding carboxylic acids is 1. The van der Waals surface area contributed by atoms with Gasteiger partial charge in [0.25, 0.3) is 0 Å². The van der Waals surface area contributed by atoms with E-state index in [1.807, 2.05) is 42.5 Å². The van der Waals surface area contributed by atoms with E-state index in [4.69, 9.17) is 10.5 Å². The molecule has 0 amide bonds. The van der Waals surface area contributed by atoms with Gasteiger partial charge in [-0.2, -0.15) is 0 Å². The van der Waals surface area contributed by atoms with Gasteiger partial charge in [-0.15, -0.1) is 0 Å². The van der Waals surface area contributed by atoms with Gasteiger partial charge in [0.15, 0.2) is 0 Å². The van der Waals surface area contributed by atoms with Crippen LogP contribution in [0.5, 0.6) is 0 Å². The summed E-state index contributed by atoms with van der Waals surface area (Å²) in [5.41, 5.74) is 7.22. The number of fused-ring (bicyclic) bond motifs is 1. The highest BCUT2D eigenvalue weighted by Crippen LogP contribution is 2.22. The van der Waals surface area contributed by atoms with Crippen LogP contribution in [0, 0.1) is 0 Å². The second-order valence-corrected chi connectivity index (χ2v) is 3.88. The van der Waals surface area contributed by atoms with Gasteiger partial charge < -0.3 is 10.5 Å². The second-order valence-electron chi connectivity index (χ2n) is 3.88. The number of ether oxygens (including phenoxy) is 1. The van der Waals surface area contributed by atoms with Crippen molar-refractivity contribution in [3.63, 3.8) is 0 Å². The molecule has 0 fully saturated rings. The molecule has 0 aliphatic rings. The number of hydrogen-bond donors (Lipinski definition) is 1. The minimum atomic E-state index is -0.414. The fourth-order valence-corrected chi connectivity index (χ4v) is 1.87. The summed E-state index contributed by atoms with van der Waals surface area (Å²) in [6.07, 6.45) is 1.32. The summed E-state index contributed by atoms with van der Waals surface area (Å²) in [5, 5.41) is 2.12. The second kappa shape index (κ2) is 5.36. The first-order valence-corrected chi connectivity index (χ1v) is 5.84. The predicted molar refractivity (Wildman–Crippen MR) is 72.7 cm³/mol. The Bertz CT molecular complexity index is 597. The van der Waals surface area contributed by atoms with Crippen molar-refractivity contribution < 1.29 is 9.53 Å². The summed E-state index contributed by atoms with van der Waals surface area (Å²) in [4.78, 5) is 11.4. The lowest BCUT2D eigenvalue weighted by Gasteiger charge is -2.06. The van der Waals surface area contributed by atoms with Crippen molar-refractivity contribution in [2.45, 2.75) is 6.92 Å². The molecule has 0 heterocycles. The maximum absolute atomic E-state index is 11.4. The first-order chi connectivity index (χ1) is 8.72. The van der Waals surface area contributed by atoms with Gasteiger partial charge in [-0.25, -0.2) is 4.79 Å². The van der Waals surface area contributed by atoms with E-state index in [1.54, 1.807) is 6.92 Å². The highest BCUT2D eigenvalue weighted by atomic mass is 16.5. The maximum atomic E-state index is 11.4. The van der Waals surface area contributed by atoms with Gasteiger partial charge >= 0.3 is 5.97 Å². The summed E-state index contributed by atoms with van der Waals surface area (Å²) >= 11 is 0. The Morgan fingerprint density at radius 1 is 1.22 bits per heavy atom. The van der Waals surface area contributed by atoms with Crippen molar-refractivity contribution in [2.75, 3.05) is 6.61 Å². The lowest BCUT2D eigenvalue weighted by molar-refractivity contribution is -0.137. The van der Waals surface area contributed by atoms with E-state index >= 15 is 0 Å². The van der Waals surface area contributed by atoms with Gasteiger partial charge in [0, 0.05) is 17.3 Å². The zero-order valence-electron chi connectivity index (χ0n) is 10.2. The lowest BCUT2D eigenvalue weighted by atomic mass is 10.0. The van der Waals surface area contributed by atoms with E-state index in [2.05, 4.69) is 0 Å². The van der Waals surface area contributed by atoms with Crippen molar-refractivity contribution in [3.8, 4) is 0 Å². The number of esters is 1. The van der Waals surface area contributed by atoms with Gasteiger partial charge in [-0.3, -0.25) is 0 Å².